The summed E-state index contributed by atoms with van der Waals surface area (Å²) in [4.78, 5) is 50.4. The maximum Gasteiger partial charge on any atom is 0.408 e. The van der Waals surface area contributed by atoms with Crippen LogP contribution in [0.15, 0.2) is 54.6 Å². The Bertz CT molecular complexity index is 1080. The molecule has 2 amide bonds. The zero-order valence-electron chi connectivity index (χ0n) is 19.8. The molecule has 1 aliphatic carbocycles. The van der Waals surface area contributed by atoms with Gasteiger partial charge in [-0.3, -0.25) is 14.9 Å². The molecular weight excluding hydrogens is 466 g/mol. The lowest BCUT2D eigenvalue weighted by molar-refractivity contribution is -0.384. The van der Waals surface area contributed by atoms with Crippen LogP contribution in [0.25, 0.3) is 0 Å². The van der Waals surface area contributed by atoms with Crippen LogP contribution in [-0.2, 0) is 20.9 Å². The topological polar surface area (TPSA) is 128 Å². The highest BCUT2D eigenvalue weighted by molar-refractivity contribution is 5.90. The van der Waals surface area contributed by atoms with Crippen LogP contribution < -0.4 is 5.32 Å². The zero-order valence-corrected chi connectivity index (χ0v) is 19.8. The number of rotatable bonds is 8. The van der Waals surface area contributed by atoms with Gasteiger partial charge in [0.2, 0.25) is 5.91 Å². The minimum Gasteiger partial charge on any atom is -0.459 e. The Kier molecular flexibility index (Phi) is 8.14. The molecule has 10 heteroatoms. The Hall–Kier alpha value is -3.95. The van der Waals surface area contributed by atoms with E-state index in [0.29, 0.717) is 32.4 Å². The van der Waals surface area contributed by atoms with Crippen LogP contribution in [-0.4, -0.2) is 53.0 Å². The number of nitrogens with zero attached hydrogens (tertiary/aromatic N) is 2. The van der Waals surface area contributed by atoms with Crippen LogP contribution in [0.1, 0.15) is 48.0 Å². The molecule has 2 aliphatic rings. The average Bonchev–Trinajstić information content (AvgIpc) is 3.59. The van der Waals surface area contributed by atoms with Crippen molar-refractivity contribution in [2.24, 2.45) is 5.92 Å². The molecule has 1 N–H and O–H groups in total. The number of nitrogens with one attached hydrogen (secondary N) is 1. The summed E-state index contributed by atoms with van der Waals surface area (Å²) in [5.74, 6) is -0.929. The molecular formula is C26H29N3O7. The fraction of sp³-hybridized carbons (Fsp3) is 0.423. The van der Waals surface area contributed by atoms with Gasteiger partial charge in [0, 0.05) is 25.2 Å². The number of nitro benzene ring substituents is 1. The number of esters is 1. The molecule has 1 heterocycles. The molecule has 0 aromatic heterocycles. The van der Waals surface area contributed by atoms with Crippen LogP contribution in [0.2, 0.25) is 0 Å². The molecule has 0 radical (unpaired) electrons. The van der Waals surface area contributed by atoms with Gasteiger partial charge in [-0.25, -0.2) is 9.59 Å². The minimum absolute atomic E-state index is 0.0947. The summed E-state index contributed by atoms with van der Waals surface area (Å²) >= 11 is 0. The first kappa shape index (κ1) is 25.2. The number of benzene rings is 2. The van der Waals surface area contributed by atoms with E-state index < -0.39 is 29.1 Å². The number of nitro groups is 1. The predicted octanol–water partition coefficient (Wildman–Crippen LogP) is 3.84. The molecule has 36 heavy (non-hydrogen) atoms. The molecule has 0 spiro atoms. The number of non-ortho nitro benzene ring substituents is 1. The van der Waals surface area contributed by atoms with Crippen molar-refractivity contribution in [3.63, 3.8) is 0 Å². The number of hydrogen-bond acceptors (Lipinski definition) is 7. The first-order valence-electron chi connectivity index (χ1n) is 12.1. The van der Waals surface area contributed by atoms with Gasteiger partial charge >= 0.3 is 12.1 Å². The molecule has 4 rings (SSSR count). The highest BCUT2D eigenvalue weighted by Crippen LogP contribution is 2.32. The quantitative estimate of drug-likeness (QED) is 0.335. The Morgan fingerprint density at radius 3 is 2.39 bits per heavy atom. The van der Waals surface area contributed by atoms with Gasteiger partial charge in [0.15, 0.2) is 0 Å². The largest absolute Gasteiger partial charge is 0.459 e. The number of carbonyl (C=O) groups is 3. The number of alkyl carbamates (subject to hydrolysis) is 1. The van der Waals surface area contributed by atoms with Crippen LogP contribution in [0.3, 0.4) is 0 Å². The summed E-state index contributed by atoms with van der Waals surface area (Å²) in [5.41, 5.74) is 0.950. The molecule has 2 fully saturated rings. The second-order valence-corrected chi connectivity index (χ2v) is 9.12. The monoisotopic (exact) mass is 495 g/mol. The zero-order chi connectivity index (χ0) is 25.5. The maximum atomic E-state index is 13.3. The first-order valence-corrected chi connectivity index (χ1v) is 12.1. The lowest BCUT2D eigenvalue weighted by Crippen LogP contribution is -2.51. The van der Waals surface area contributed by atoms with Crippen molar-refractivity contribution in [1.29, 1.82) is 0 Å². The number of ether oxygens (including phenoxy) is 2. The molecule has 2 aromatic carbocycles. The maximum absolute atomic E-state index is 13.3. The van der Waals surface area contributed by atoms with Gasteiger partial charge in [0.1, 0.15) is 18.8 Å². The number of carbonyl (C=O) groups excluding carboxylic acids is 3. The number of amides is 2. The second-order valence-electron chi connectivity index (χ2n) is 9.12. The molecule has 0 bridgehead atoms. The van der Waals surface area contributed by atoms with E-state index in [4.69, 9.17) is 9.47 Å². The van der Waals surface area contributed by atoms with Crippen LogP contribution in [0, 0.1) is 16.0 Å². The third-order valence-electron chi connectivity index (χ3n) is 6.65. The van der Waals surface area contributed by atoms with Crippen molar-refractivity contribution in [1.82, 2.24) is 10.2 Å². The van der Waals surface area contributed by atoms with Gasteiger partial charge in [-0.1, -0.05) is 30.3 Å². The molecule has 1 saturated carbocycles. The Morgan fingerprint density at radius 2 is 1.72 bits per heavy atom. The molecule has 1 saturated heterocycles. The van der Waals surface area contributed by atoms with E-state index in [-0.39, 0.29) is 29.7 Å². The molecule has 0 unspecified atom stereocenters. The van der Waals surface area contributed by atoms with Crippen molar-refractivity contribution < 1.29 is 28.8 Å². The van der Waals surface area contributed by atoms with Crippen molar-refractivity contribution in [2.45, 2.75) is 50.9 Å². The van der Waals surface area contributed by atoms with E-state index in [0.717, 1.165) is 18.4 Å². The van der Waals surface area contributed by atoms with Gasteiger partial charge in [0.25, 0.3) is 5.69 Å². The molecule has 1 aliphatic heterocycles. The van der Waals surface area contributed by atoms with E-state index in [9.17, 15) is 24.5 Å². The van der Waals surface area contributed by atoms with E-state index in [1.165, 1.54) is 24.3 Å². The van der Waals surface area contributed by atoms with Gasteiger partial charge in [-0.05, 0) is 55.7 Å². The molecule has 2 aromatic rings. The highest BCUT2D eigenvalue weighted by atomic mass is 16.6. The van der Waals surface area contributed by atoms with Gasteiger partial charge in [0.05, 0.1) is 10.5 Å². The lowest BCUT2D eigenvalue weighted by atomic mass is 9.96. The molecule has 3 atom stereocenters. The Morgan fingerprint density at radius 1 is 1.03 bits per heavy atom. The second kappa shape index (κ2) is 11.7. The van der Waals surface area contributed by atoms with E-state index >= 15 is 0 Å². The third kappa shape index (κ3) is 6.38. The SMILES string of the molecule is O=C(N[C@H](C(=O)N1CCCC1)[C@@H]1CC[C@@H](OC(=O)c2ccc([N+](=O)[O-])cc2)C1)OCc1ccccc1. The summed E-state index contributed by atoms with van der Waals surface area (Å²) in [7, 11) is 0. The minimum atomic E-state index is -0.769. The van der Waals surface area contributed by atoms with E-state index in [1.54, 1.807) is 4.90 Å². The van der Waals surface area contributed by atoms with Crippen molar-refractivity contribution in [2.75, 3.05) is 13.1 Å². The normalized spacial score (nSPS) is 19.9. The lowest BCUT2D eigenvalue weighted by Gasteiger charge is -2.28. The van der Waals surface area contributed by atoms with Gasteiger partial charge in [-0.2, -0.15) is 0 Å². The smallest absolute Gasteiger partial charge is 0.408 e. The predicted molar refractivity (Wildman–Crippen MR) is 129 cm³/mol. The Balaban J connectivity index is 1.37. The average molecular weight is 496 g/mol. The van der Waals surface area contributed by atoms with Crippen LogP contribution >= 0.6 is 0 Å². The molecule has 10 nitrogen and oxygen atoms in total. The summed E-state index contributed by atoms with van der Waals surface area (Å²) in [6.45, 7) is 1.40. The third-order valence-corrected chi connectivity index (χ3v) is 6.65. The first-order chi connectivity index (χ1) is 17.4. The standard InChI is InChI=1S/C26H29N3O7/c30-24(28-14-4-5-15-28)23(27-26(32)35-17-18-6-2-1-3-7-18)20-10-13-22(16-20)36-25(31)19-8-11-21(12-9-19)29(33)34/h1-3,6-9,11-12,20,22-23H,4-5,10,13-17H2,(H,27,32)/t20-,22-,23+/m1/s1. The highest BCUT2D eigenvalue weighted by Gasteiger charge is 2.40. The van der Waals surface area contributed by atoms with E-state index in [1.807, 2.05) is 30.3 Å². The van der Waals surface area contributed by atoms with Crippen molar-refractivity contribution in [3.8, 4) is 0 Å². The van der Waals surface area contributed by atoms with Crippen molar-refractivity contribution >= 4 is 23.7 Å². The van der Waals surface area contributed by atoms with Crippen molar-refractivity contribution in [3.05, 3.63) is 75.8 Å². The number of hydrogen-bond donors (Lipinski definition) is 1. The summed E-state index contributed by atoms with van der Waals surface area (Å²) in [6, 6.07) is 13.7. The summed E-state index contributed by atoms with van der Waals surface area (Å²) in [5, 5.41) is 13.6. The Labute approximate surface area is 208 Å². The van der Waals surface area contributed by atoms with Crippen LogP contribution in [0.4, 0.5) is 10.5 Å². The fourth-order valence-electron chi connectivity index (χ4n) is 4.73. The fourth-order valence-corrected chi connectivity index (χ4v) is 4.73. The van der Waals surface area contributed by atoms with Gasteiger partial charge < -0.3 is 19.7 Å². The molecule has 190 valence electrons. The van der Waals surface area contributed by atoms with Crippen LogP contribution in [0.5, 0.6) is 0 Å². The number of likely N-dealkylation sites (tertiary alicyclic amines) is 1. The summed E-state index contributed by atoms with van der Waals surface area (Å²) in [6.07, 6.45) is 2.34. The van der Waals surface area contributed by atoms with E-state index in [2.05, 4.69) is 5.32 Å². The van der Waals surface area contributed by atoms with Gasteiger partial charge in [-0.15, -0.1) is 0 Å². The summed E-state index contributed by atoms with van der Waals surface area (Å²) < 4.78 is 11.0.